The summed E-state index contributed by atoms with van der Waals surface area (Å²) in [5.74, 6) is 1.53. The van der Waals surface area contributed by atoms with E-state index < -0.39 is 4.92 Å². The highest BCUT2D eigenvalue weighted by Gasteiger charge is 2.20. The molecule has 1 saturated heterocycles. The van der Waals surface area contributed by atoms with Crippen molar-refractivity contribution in [2.75, 3.05) is 43.9 Å². The molecule has 1 fully saturated rings. The van der Waals surface area contributed by atoms with Crippen LogP contribution in [0.15, 0.2) is 12.1 Å². The number of hydrogen-bond donors (Lipinski definition) is 2. The Kier molecular flexibility index (Phi) is 5.32. The fourth-order valence-corrected chi connectivity index (χ4v) is 2.62. The number of anilines is 2. The third-order valence-corrected chi connectivity index (χ3v) is 4.04. The molecule has 7 heteroatoms. The molecule has 21 heavy (non-hydrogen) atoms. The molecule has 1 aromatic heterocycles. The van der Waals surface area contributed by atoms with Gasteiger partial charge in [0.25, 0.3) is 0 Å². The summed E-state index contributed by atoms with van der Waals surface area (Å²) in [6.45, 7) is 6.22. The van der Waals surface area contributed by atoms with E-state index in [9.17, 15) is 10.1 Å². The topological polar surface area (TPSA) is 83.3 Å². The summed E-state index contributed by atoms with van der Waals surface area (Å²) >= 11 is 0. The highest BCUT2D eigenvalue weighted by Crippen LogP contribution is 2.25. The Balaban J connectivity index is 1.97. The summed E-state index contributed by atoms with van der Waals surface area (Å²) in [5, 5.41) is 17.1. The number of likely N-dealkylation sites (tertiary alicyclic amines) is 1. The Morgan fingerprint density at radius 1 is 1.43 bits per heavy atom. The van der Waals surface area contributed by atoms with Crippen LogP contribution < -0.4 is 10.6 Å². The first kappa shape index (κ1) is 15.5. The fraction of sp³-hybridized carbons (Fsp3) is 0.643. The lowest BCUT2D eigenvalue weighted by Gasteiger charge is -2.31. The fourth-order valence-electron chi connectivity index (χ4n) is 2.62. The van der Waals surface area contributed by atoms with Crippen LogP contribution in [0.3, 0.4) is 0 Å². The van der Waals surface area contributed by atoms with Gasteiger partial charge in [-0.2, -0.15) is 0 Å². The molecule has 0 atom stereocenters. The Labute approximate surface area is 124 Å². The van der Waals surface area contributed by atoms with E-state index in [1.54, 1.807) is 13.1 Å². The molecule has 1 aliphatic rings. The number of nitrogens with one attached hydrogen (secondary N) is 2. The number of hydrogen-bond acceptors (Lipinski definition) is 6. The molecule has 0 bridgehead atoms. The van der Waals surface area contributed by atoms with Crippen molar-refractivity contribution >= 4 is 17.3 Å². The SMILES string of the molecule is CCN1CCC(CNc2nc(NC)ccc2[N+](=O)[O-])CC1. The third-order valence-electron chi connectivity index (χ3n) is 4.04. The van der Waals surface area contributed by atoms with Gasteiger partial charge in [0.1, 0.15) is 5.82 Å². The number of piperidine rings is 1. The number of nitro groups is 1. The molecule has 0 amide bonds. The van der Waals surface area contributed by atoms with Gasteiger partial charge in [0, 0.05) is 19.7 Å². The van der Waals surface area contributed by atoms with Gasteiger partial charge in [-0.1, -0.05) is 6.92 Å². The lowest BCUT2D eigenvalue weighted by molar-refractivity contribution is -0.384. The smallest absolute Gasteiger partial charge is 0.311 e. The number of aromatic nitrogens is 1. The van der Waals surface area contributed by atoms with Crippen molar-refractivity contribution in [1.82, 2.24) is 9.88 Å². The van der Waals surface area contributed by atoms with Crippen LogP contribution in [0.2, 0.25) is 0 Å². The maximum absolute atomic E-state index is 11.1. The van der Waals surface area contributed by atoms with Crippen LogP contribution in [0.25, 0.3) is 0 Å². The zero-order valence-electron chi connectivity index (χ0n) is 12.6. The first-order valence-corrected chi connectivity index (χ1v) is 7.43. The summed E-state index contributed by atoms with van der Waals surface area (Å²) in [4.78, 5) is 17.3. The summed E-state index contributed by atoms with van der Waals surface area (Å²) in [5.41, 5.74) is 0.0278. The molecular weight excluding hydrogens is 270 g/mol. The molecule has 116 valence electrons. The molecule has 1 aromatic rings. The van der Waals surface area contributed by atoms with Crippen LogP contribution in [0.5, 0.6) is 0 Å². The van der Waals surface area contributed by atoms with Gasteiger partial charge < -0.3 is 15.5 Å². The summed E-state index contributed by atoms with van der Waals surface area (Å²) < 4.78 is 0. The van der Waals surface area contributed by atoms with Crippen LogP contribution >= 0.6 is 0 Å². The minimum atomic E-state index is -0.394. The van der Waals surface area contributed by atoms with Crippen molar-refractivity contribution in [3.05, 3.63) is 22.2 Å². The van der Waals surface area contributed by atoms with Crippen molar-refractivity contribution in [2.24, 2.45) is 5.92 Å². The predicted octanol–water partition coefficient (Wildman–Crippen LogP) is 2.18. The Morgan fingerprint density at radius 2 is 2.14 bits per heavy atom. The van der Waals surface area contributed by atoms with Gasteiger partial charge in [0.15, 0.2) is 0 Å². The number of rotatable bonds is 6. The normalized spacial score (nSPS) is 16.7. The Bertz CT molecular complexity index is 486. The molecule has 0 aromatic carbocycles. The predicted molar refractivity (Wildman–Crippen MR) is 83.8 cm³/mol. The van der Waals surface area contributed by atoms with Crippen LogP contribution in [-0.2, 0) is 0 Å². The first-order valence-electron chi connectivity index (χ1n) is 7.43. The molecule has 2 N–H and O–H groups in total. The summed E-state index contributed by atoms with van der Waals surface area (Å²) in [6.07, 6.45) is 2.25. The summed E-state index contributed by atoms with van der Waals surface area (Å²) in [7, 11) is 1.75. The largest absolute Gasteiger partial charge is 0.373 e. The number of pyridine rings is 1. The van der Waals surface area contributed by atoms with Gasteiger partial charge in [-0.15, -0.1) is 0 Å². The monoisotopic (exact) mass is 293 g/mol. The average molecular weight is 293 g/mol. The van der Waals surface area contributed by atoms with Gasteiger partial charge in [-0.25, -0.2) is 4.98 Å². The molecule has 0 aliphatic carbocycles. The van der Waals surface area contributed by atoms with Crippen molar-refractivity contribution in [2.45, 2.75) is 19.8 Å². The van der Waals surface area contributed by atoms with Crippen LogP contribution in [-0.4, -0.2) is 48.0 Å². The van der Waals surface area contributed by atoms with Crippen molar-refractivity contribution < 1.29 is 4.92 Å². The third kappa shape index (κ3) is 4.04. The van der Waals surface area contributed by atoms with Crippen molar-refractivity contribution in [3.8, 4) is 0 Å². The minimum Gasteiger partial charge on any atom is -0.373 e. The van der Waals surface area contributed by atoms with Crippen molar-refractivity contribution in [3.63, 3.8) is 0 Å². The van der Waals surface area contributed by atoms with Gasteiger partial charge in [0.2, 0.25) is 5.82 Å². The van der Waals surface area contributed by atoms with Crippen molar-refractivity contribution in [1.29, 1.82) is 0 Å². The lowest BCUT2D eigenvalue weighted by Crippen LogP contribution is -2.35. The molecule has 0 unspecified atom stereocenters. The van der Waals surface area contributed by atoms with Gasteiger partial charge in [-0.05, 0) is 44.5 Å². The lowest BCUT2D eigenvalue weighted by atomic mass is 9.97. The van der Waals surface area contributed by atoms with E-state index in [-0.39, 0.29) is 5.69 Å². The van der Waals surface area contributed by atoms with E-state index >= 15 is 0 Å². The molecule has 1 aliphatic heterocycles. The molecule has 2 heterocycles. The second-order valence-corrected chi connectivity index (χ2v) is 5.33. The second kappa shape index (κ2) is 7.21. The van der Waals surface area contributed by atoms with Gasteiger partial charge in [0.05, 0.1) is 4.92 Å². The van der Waals surface area contributed by atoms with Gasteiger partial charge >= 0.3 is 5.69 Å². The van der Waals surface area contributed by atoms with Crippen LogP contribution in [0.1, 0.15) is 19.8 Å². The molecule has 2 rings (SSSR count). The maximum Gasteiger partial charge on any atom is 0.311 e. The Hall–Kier alpha value is -1.89. The van der Waals surface area contributed by atoms with Gasteiger partial charge in [-0.3, -0.25) is 10.1 Å². The standard InChI is InChI=1S/C14H23N5O2/c1-3-18-8-6-11(7-9-18)10-16-14-12(19(20)21)4-5-13(15-2)17-14/h4-5,11H,3,6-10H2,1-2H3,(H2,15,16,17). The highest BCUT2D eigenvalue weighted by molar-refractivity contribution is 5.60. The summed E-state index contributed by atoms with van der Waals surface area (Å²) in [6, 6.07) is 3.10. The first-order chi connectivity index (χ1) is 10.1. The Morgan fingerprint density at radius 3 is 2.71 bits per heavy atom. The van der Waals surface area contributed by atoms with Crippen LogP contribution in [0, 0.1) is 16.0 Å². The van der Waals surface area contributed by atoms with E-state index in [0.717, 1.165) is 39.0 Å². The van der Waals surface area contributed by atoms with Crippen LogP contribution in [0.4, 0.5) is 17.3 Å². The van der Waals surface area contributed by atoms with E-state index in [1.807, 2.05) is 0 Å². The van der Waals surface area contributed by atoms with E-state index in [0.29, 0.717) is 17.6 Å². The minimum absolute atomic E-state index is 0.0278. The maximum atomic E-state index is 11.1. The van der Waals surface area contributed by atoms with E-state index in [1.165, 1.54) is 6.07 Å². The molecule has 0 saturated carbocycles. The van der Waals surface area contributed by atoms with E-state index in [2.05, 4.69) is 27.4 Å². The molecule has 0 spiro atoms. The zero-order chi connectivity index (χ0) is 15.2. The number of nitrogens with zero attached hydrogens (tertiary/aromatic N) is 3. The second-order valence-electron chi connectivity index (χ2n) is 5.33. The highest BCUT2D eigenvalue weighted by atomic mass is 16.6. The van der Waals surface area contributed by atoms with E-state index in [4.69, 9.17) is 0 Å². The molecule has 0 radical (unpaired) electrons. The zero-order valence-corrected chi connectivity index (χ0v) is 12.6. The molecule has 7 nitrogen and oxygen atoms in total. The quantitative estimate of drug-likeness (QED) is 0.618. The molecular formula is C14H23N5O2. The average Bonchev–Trinajstić information content (AvgIpc) is 2.52.